The number of aryl methyl sites for hydroxylation is 2. The van der Waals surface area contributed by atoms with E-state index in [2.05, 4.69) is 5.16 Å². The van der Waals surface area contributed by atoms with Crippen molar-refractivity contribution in [2.75, 3.05) is 6.54 Å². The summed E-state index contributed by atoms with van der Waals surface area (Å²) in [4.78, 5) is 24.1. The molecule has 0 aliphatic carbocycles. The van der Waals surface area contributed by atoms with E-state index in [4.69, 9.17) is 9.63 Å². The minimum absolute atomic E-state index is 0.118. The Hall–Kier alpha value is -1.85. The fourth-order valence-corrected chi connectivity index (χ4v) is 1.71. The van der Waals surface area contributed by atoms with Crippen molar-refractivity contribution in [3.05, 3.63) is 17.0 Å². The van der Waals surface area contributed by atoms with Crippen molar-refractivity contribution < 1.29 is 19.2 Å². The molecular formula is C12H18N2O4. The minimum atomic E-state index is -1.02. The van der Waals surface area contributed by atoms with E-state index in [-0.39, 0.29) is 24.9 Å². The summed E-state index contributed by atoms with van der Waals surface area (Å²) >= 11 is 0. The van der Waals surface area contributed by atoms with E-state index >= 15 is 0 Å². The minimum Gasteiger partial charge on any atom is -0.480 e. The van der Waals surface area contributed by atoms with Crippen LogP contribution < -0.4 is 0 Å². The molecular weight excluding hydrogens is 236 g/mol. The number of hydrogen-bond acceptors (Lipinski definition) is 4. The van der Waals surface area contributed by atoms with Crippen LogP contribution in [0.25, 0.3) is 0 Å². The molecule has 1 rings (SSSR count). The van der Waals surface area contributed by atoms with Gasteiger partial charge in [0.2, 0.25) is 5.91 Å². The molecule has 0 atom stereocenters. The van der Waals surface area contributed by atoms with Gasteiger partial charge in [-0.25, -0.2) is 0 Å². The lowest BCUT2D eigenvalue weighted by molar-refractivity contribution is -0.145. The van der Waals surface area contributed by atoms with Gasteiger partial charge in [0.05, 0.1) is 12.1 Å². The highest BCUT2D eigenvalue weighted by molar-refractivity contribution is 5.83. The van der Waals surface area contributed by atoms with E-state index in [9.17, 15) is 9.59 Å². The molecule has 0 bridgehead atoms. The molecule has 100 valence electrons. The lowest BCUT2D eigenvalue weighted by Gasteiger charge is -2.24. The molecule has 0 aromatic carbocycles. The van der Waals surface area contributed by atoms with Gasteiger partial charge in [-0.2, -0.15) is 0 Å². The summed E-state index contributed by atoms with van der Waals surface area (Å²) in [7, 11) is 0. The Balaban J connectivity index is 2.82. The van der Waals surface area contributed by atoms with Gasteiger partial charge in [-0.1, -0.05) is 5.16 Å². The zero-order chi connectivity index (χ0) is 13.9. The molecule has 1 N–H and O–H groups in total. The number of nitrogens with zero attached hydrogens (tertiary/aromatic N) is 2. The number of amides is 1. The molecule has 1 amide bonds. The predicted molar refractivity (Wildman–Crippen MR) is 64.2 cm³/mol. The van der Waals surface area contributed by atoms with Crippen LogP contribution in [0.3, 0.4) is 0 Å². The van der Waals surface area contributed by atoms with Gasteiger partial charge in [0.25, 0.3) is 0 Å². The number of carboxylic acid groups (broad SMARTS) is 1. The van der Waals surface area contributed by atoms with Crippen molar-refractivity contribution in [1.29, 1.82) is 0 Å². The Kier molecular flexibility index (Phi) is 4.47. The molecule has 6 heteroatoms. The normalized spacial score (nSPS) is 10.7. The van der Waals surface area contributed by atoms with E-state index in [1.54, 1.807) is 27.7 Å². The third kappa shape index (κ3) is 3.32. The molecule has 0 fully saturated rings. The van der Waals surface area contributed by atoms with Gasteiger partial charge in [0.1, 0.15) is 12.3 Å². The number of hydrogen-bond donors (Lipinski definition) is 1. The standard InChI is InChI=1S/C12H18N2O4/c1-7(2)14(6-12(16)17)11(15)5-10-8(3)13-18-9(10)4/h7H,5-6H2,1-4H3,(H,16,17). The lowest BCUT2D eigenvalue weighted by atomic mass is 10.1. The Labute approximate surface area is 106 Å². The van der Waals surface area contributed by atoms with E-state index in [0.717, 1.165) is 5.56 Å². The predicted octanol–water partition coefficient (Wildman–Crippen LogP) is 1.16. The van der Waals surface area contributed by atoms with Crippen molar-refractivity contribution in [3.8, 4) is 0 Å². The maximum absolute atomic E-state index is 12.1. The van der Waals surface area contributed by atoms with Crippen LogP contribution in [0, 0.1) is 13.8 Å². The number of aromatic nitrogens is 1. The van der Waals surface area contributed by atoms with Crippen molar-refractivity contribution >= 4 is 11.9 Å². The first-order valence-electron chi connectivity index (χ1n) is 5.76. The van der Waals surface area contributed by atoms with Crippen molar-refractivity contribution in [2.24, 2.45) is 0 Å². The molecule has 18 heavy (non-hydrogen) atoms. The SMILES string of the molecule is Cc1noc(C)c1CC(=O)N(CC(=O)O)C(C)C. The number of carbonyl (C=O) groups excluding carboxylic acids is 1. The fourth-order valence-electron chi connectivity index (χ4n) is 1.71. The average molecular weight is 254 g/mol. The van der Waals surface area contributed by atoms with Gasteiger partial charge in [-0.15, -0.1) is 0 Å². The van der Waals surface area contributed by atoms with Crippen molar-refractivity contribution in [2.45, 2.75) is 40.2 Å². The molecule has 0 aliphatic rings. The van der Waals surface area contributed by atoms with Crippen LogP contribution in [0.2, 0.25) is 0 Å². The van der Waals surface area contributed by atoms with E-state index in [1.807, 2.05) is 0 Å². The molecule has 1 aromatic heterocycles. The van der Waals surface area contributed by atoms with Crippen LogP contribution >= 0.6 is 0 Å². The zero-order valence-corrected chi connectivity index (χ0v) is 11.1. The van der Waals surface area contributed by atoms with E-state index in [1.165, 1.54) is 4.90 Å². The molecule has 0 saturated carbocycles. The maximum atomic E-state index is 12.1. The number of carboxylic acids is 1. The average Bonchev–Trinajstić information content (AvgIpc) is 2.56. The van der Waals surface area contributed by atoms with Gasteiger partial charge in [-0.3, -0.25) is 9.59 Å². The van der Waals surface area contributed by atoms with Gasteiger partial charge in [0.15, 0.2) is 0 Å². The topological polar surface area (TPSA) is 83.6 Å². The Morgan fingerprint density at radius 1 is 1.39 bits per heavy atom. The zero-order valence-electron chi connectivity index (χ0n) is 11.1. The number of carbonyl (C=O) groups is 2. The monoisotopic (exact) mass is 254 g/mol. The third-order valence-corrected chi connectivity index (χ3v) is 2.76. The summed E-state index contributed by atoms with van der Waals surface area (Å²) in [5.74, 6) is -0.655. The van der Waals surface area contributed by atoms with Gasteiger partial charge in [0, 0.05) is 11.6 Å². The first-order chi connectivity index (χ1) is 8.32. The smallest absolute Gasteiger partial charge is 0.323 e. The quantitative estimate of drug-likeness (QED) is 0.852. The first-order valence-corrected chi connectivity index (χ1v) is 5.76. The molecule has 1 aromatic rings. The summed E-state index contributed by atoms with van der Waals surface area (Å²) < 4.78 is 4.98. The molecule has 6 nitrogen and oxygen atoms in total. The Morgan fingerprint density at radius 2 is 2.00 bits per heavy atom. The highest BCUT2D eigenvalue weighted by Crippen LogP contribution is 2.14. The van der Waals surface area contributed by atoms with Crippen LogP contribution in [0.4, 0.5) is 0 Å². The van der Waals surface area contributed by atoms with Crippen LogP contribution in [0.5, 0.6) is 0 Å². The maximum Gasteiger partial charge on any atom is 0.323 e. The second kappa shape index (κ2) is 5.66. The Morgan fingerprint density at radius 3 is 2.39 bits per heavy atom. The van der Waals surface area contributed by atoms with Crippen molar-refractivity contribution in [1.82, 2.24) is 10.1 Å². The van der Waals surface area contributed by atoms with Crippen LogP contribution in [-0.2, 0) is 16.0 Å². The fraction of sp³-hybridized carbons (Fsp3) is 0.583. The molecule has 0 radical (unpaired) electrons. The number of rotatable bonds is 5. The van der Waals surface area contributed by atoms with E-state index in [0.29, 0.717) is 11.5 Å². The number of aliphatic carboxylic acids is 1. The Bertz CT molecular complexity index is 431. The molecule has 0 saturated heterocycles. The summed E-state index contributed by atoms with van der Waals surface area (Å²) in [6.07, 6.45) is 0.118. The van der Waals surface area contributed by atoms with Crippen molar-refractivity contribution in [3.63, 3.8) is 0 Å². The van der Waals surface area contributed by atoms with Gasteiger partial charge >= 0.3 is 5.97 Å². The first kappa shape index (κ1) is 14.2. The highest BCUT2D eigenvalue weighted by atomic mass is 16.5. The lowest BCUT2D eigenvalue weighted by Crippen LogP contribution is -2.41. The third-order valence-electron chi connectivity index (χ3n) is 2.76. The van der Waals surface area contributed by atoms with Gasteiger partial charge < -0.3 is 14.5 Å². The van der Waals surface area contributed by atoms with E-state index < -0.39 is 5.97 Å². The molecule has 0 spiro atoms. The van der Waals surface area contributed by atoms with Gasteiger partial charge in [-0.05, 0) is 27.7 Å². The molecule has 1 heterocycles. The molecule has 0 unspecified atom stereocenters. The highest BCUT2D eigenvalue weighted by Gasteiger charge is 2.22. The summed E-state index contributed by atoms with van der Waals surface area (Å²) in [6.45, 7) is 6.78. The summed E-state index contributed by atoms with van der Waals surface area (Å²) in [6, 6.07) is -0.158. The summed E-state index contributed by atoms with van der Waals surface area (Å²) in [5, 5.41) is 12.6. The second-order valence-electron chi connectivity index (χ2n) is 4.49. The van der Waals surface area contributed by atoms with Crippen LogP contribution in [0.15, 0.2) is 4.52 Å². The summed E-state index contributed by atoms with van der Waals surface area (Å²) in [5.41, 5.74) is 1.40. The second-order valence-corrected chi connectivity index (χ2v) is 4.49. The van der Waals surface area contributed by atoms with Crippen LogP contribution in [0.1, 0.15) is 30.9 Å². The van der Waals surface area contributed by atoms with Crippen LogP contribution in [-0.4, -0.2) is 39.6 Å². The molecule has 0 aliphatic heterocycles. The largest absolute Gasteiger partial charge is 0.480 e.